The highest BCUT2D eigenvalue weighted by molar-refractivity contribution is 5.93. The summed E-state index contributed by atoms with van der Waals surface area (Å²) in [5, 5.41) is 0. The monoisotopic (exact) mass is 274 g/mol. The number of amides is 1. The highest BCUT2D eigenvalue weighted by Crippen LogP contribution is 2.19. The molecule has 0 spiro atoms. The van der Waals surface area contributed by atoms with Crippen LogP contribution in [0.1, 0.15) is 43.0 Å². The number of hydrogen-bond donors (Lipinski definition) is 0. The van der Waals surface area contributed by atoms with Gasteiger partial charge in [-0.05, 0) is 31.6 Å². The molecule has 1 amide bonds. The van der Waals surface area contributed by atoms with E-state index in [0.29, 0.717) is 11.5 Å². The first-order valence-electron chi connectivity index (χ1n) is 7.60. The number of likely N-dealkylation sites (tertiary alicyclic amines) is 1. The van der Waals surface area contributed by atoms with Crippen LogP contribution in [0.15, 0.2) is 12.4 Å². The summed E-state index contributed by atoms with van der Waals surface area (Å²) in [6.45, 7) is 5.96. The molecule has 1 atom stereocenters. The molecule has 1 aromatic heterocycles. The molecule has 2 saturated heterocycles. The lowest BCUT2D eigenvalue weighted by Crippen LogP contribution is -2.39. The van der Waals surface area contributed by atoms with Crippen LogP contribution in [-0.2, 0) is 0 Å². The summed E-state index contributed by atoms with van der Waals surface area (Å²) in [7, 11) is 0. The van der Waals surface area contributed by atoms with Crippen LogP contribution in [0.2, 0.25) is 0 Å². The Hall–Kier alpha value is -1.65. The maximum absolute atomic E-state index is 12.4. The second-order valence-electron chi connectivity index (χ2n) is 5.96. The number of aromatic nitrogens is 2. The molecular weight excluding hydrogens is 252 g/mol. The summed E-state index contributed by atoms with van der Waals surface area (Å²) in [6.07, 6.45) is 8.09. The van der Waals surface area contributed by atoms with Crippen molar-refractivity contribution in [2.24, 2.45) is 5.92 Å². The van der Waals surface area contributed by atoms with Gasteiger partial charge in [0.25, 0.3) is 5.91 Å². The van der Waals surface area contributed by atoms with Gasteiger partial charge in [0.05, 0.1) is 5.56 Å². The first-order valence-corrected chi connectivity index (χ1v) is 7.60. The summed E-state index contributed by atoms with van der Waals surface area (Å²) in [5.74, 6) is 1.42. The molecule has 3 heterocycles. The Balaban J connectivity index is 1.68. The zero-order chi connectivity index (χ0) is 13.9. The second kappa shape index (κ2) is 5.77. The van der Waals surface area contributed by atoms with Crippen molar-refractivity contribution in [2.75, 3.05) is 31.1 Å². The lowest BCUT2D eigenvalue weighted by Gasteiger charge is -2.30. The highest BCUT2D eigenvalue weighted by atomic mass is 16.2. The molecule has 0 aromatic carbocycles. The fraction of sp³-hybridized carbons (Fsp3) is 0.667. The largest absolute Gasteiger partial charge is 0.341 e. The Bertz CT molecular complexity index is 467. The fourth-order valence-corrected chi connectivity index (χ4v) is 3.07. The van der Waals surface area contributed by atoms with Crippen molar-refractivity contribution in [1.82, 2.24) is 14.9 Å². The predicted molar refractivity (Wildman–Crippen MR) is 77.8 cm³/mol. The number of anilines is 1. The molecule has 5 heteroatoms. The van der Waals surface area contributed by atoms with Crippen LogP contribution in [0.25, 0.3) is 0 Å². The lowest BCUT2D eigenvalue weighted by molar-refractivity contribution is 0.0682. The molecule has 108 valence electrons. The van der Waals surface area contributed by atoms with E-state index >= 15 is 0 Å². The van der Waals surface area contributed by atoms with Gasteiger partial charge in [0.15, 0.2) is 0 Å². The van der Waals surface area contributed by atoms with Crippen molar-refractivity contribution in [3.8, 4) is 0 Å². The number of piperidine rings is 1. The first-order chi connectivity index (χ1) is 9.74. The maximum atomic E-state index is 12.4. The van der Waals surface area contributed by atoms with Gasteiger partial charge < -0.3 is 9.80 Å². The van der Waals surface area contributed by atoms with Crippen LogP contribution in [0.4, 0.5) is 5.95 Å². The van der Waals surface area contributed by atoms with E-state index in [9.17, 15) is 4.79 Å². The van der Waals surface area contributed by atoms with E-state index in [-0.39, 0.29) is 5.91 Å². The van der Waals surface area contributed by atoms with Gasteiger partial charge in [-0.2, -0.15) is 0 Å². The van der Waals surface area contributed by atoms with E-state index in [2.05, 4.69) is 21.8 Å². The molecule has 2 aliphatic heterocycles. The van der Waals surface area contributed by atoms with Crippen LogP contribution < -0.4 is 4.90 Å². The smallest absolute Gasteiger partial charge is 0.257 e. The number of carbonyl (C=O) groups excluding carboxylic acids is 1. The van der Waals surface area contributed by atoms with E-state index < -0.39 is 0 Å². The Morgan fingerprint density at radius 3 is 2.50 bits per heavy atom. The predicted octanol–water partition coefficient (Wildman–Crippen LogP) is 1.95. The van der Waals surface area contributed by atoms with Crippen molar-refractivity contribution in [1.29, 1.82) is 0 Å². The zero-order valence-electron chi connectivity index (χ0n) is 12.1. The average Bonchev–Trinajstić information content (AvgIpc) is 3.01. The number of carbonyl (C=O) groups is 1. The average molecular weight is 274 g/mol. The molecule has 3 rings (SSSR count). The van der Waals surface area contributed by atoms with Crippen molar-refractivity contribution < 1.29 is 4.79 Å². The molecule has 1 aromatic rings. The minimum absolute atomic E-state index is 0.0736. The van der Waals surface area contributed by atoms with E-state index in [0.717, 1.165) is 38.5 Å². The van der Waals surface area contributed by atoms with Gasteiger partial charge >= 0.3 is 0 Å². The standard InChI is InChI=1S/C15H22N4O/c1-12-5-4-8-19(11-12)14(20)13-9-16-15(17-10-13)18-6-2-3-7-18/h9-10,12H,2-8,11H2,1H3. The molecule has 0 saturated carbocycles. The molecule has 0 bridgehead atoms. The Kier molecular flexibility index (Phi) is 3.85. The van der Waals surface area contributed by atoms with Gasteiger partial charge in [-0.3, -0.25) is 4.79 Å². The van der Waals surface area contributed by atoms with Crippen molar-refractivity contribution in [3.05, 3.63) is 18.0 Å². The first kappa shape index (κ1) is 13.3. The molecule has 0 N–H and O–H groups in total. The summed E-state index contributed by atoms with van der Waals surface area (Å²) in [5.41, 5.74) is 0.613. The van der Waals surface area contributed by atoms with Gasteiger partial charge in [0, 0.05) is 38.6 Å². The third kappa shape index (κ3) is 2.76. The third-order valence-electron chi connectivity index (χ3n) is 4.22. The summed E-state index contributed by atoms with van der Waals surface area (Å²) < 4.78 is 0. The number of rotatable bonds is 2. The second-order valence-corrected chi connectivity index (χ2v) is 5.96. The van der Waals surface area contributed by atoms with E-state index in [1.165, 1.54) is 19.3 Å². The summed E-state index contributed by atoms with van der Waals surface area (Å²) in [4.78, 5) is 25.2. The molecule has 1 unspecified atom stereocenters. The van der Waals surface area contributed by atoms with Gasteiger partial charge in [0.2, 0.25) is 5.95 Å². The molecule has 20 heavy (non-hydrogen) atoms. The molecular formula is C15H22N4O. The van der Waals surface area contributed by atoms with E-state index in [1.807, 2.05) is 4.90 Å². The van der Waals surface area contributed by atoms with Crippen molar-refractivity contribution in [2.45, 2.75) is 32.6 Å². The van der Waals surface area contributed by atoms with Crippen molar-refractivity contribution in [3.63, 3.8) is 0 Å². The quantitative estimate of drug-likeness (QED) is 0.827. The Morgan fingerprint density at radius 2 is 1.85 bits per heavy atom. The number of nitrogens with zero attached hydrogens (tertiary/aromatic N) is 4. The zero-order valence-corrected chi connectivity index (χ0v) is 12.1. The van der Waals surface area contributed by atoms with Gasteiger partial charge in [-0.25, -0.2) is 9.97 Å². The molecule has 2 aliphatic rings. The van der Waals surface area contributed by atoms with E-state index in [4.69, 9.17) is 0 Å². The SMILES string of the molecule is CC1CCCN(C(=O)c2cnc(N3CCCC3)nc2)C1. The minimum Gasteiger partial charge on any atom is -0.341 e. The van der Waals surface area contributed by atoms with Crippen LogP contribution in [0.5, 0.6) is 0 Å². The molecule has 0 radical (unpaired) electrons. The van der Waals surface area contributed by atoms with Crippen LogP contribution >= 0.6 is 0 Å². The highest BCUT2D eigenvalue weighted by Gasteiger charge is 2.23. The Morgan fingerprint density at radius 1 is 1.15 bits per heavy atom. The van der Waals surface area contributed by atoms with E-state index in [1.54, 1.807) is 12.4 Å². The third-order valence-corrected chi connectivity index (χ3v) is 4.22. The summed E-state index contributed by atoms with van der Waals surface area (Å²) >= 11 is 0. The van der Waals surface area contributed by atoms with Crippen LogP contribution in [0.3, 0.4) is 0 Å². The van der Waals surface area contributed by atoms with Gasteiger partial charge in [0.1, 0.15) is 0 Å². The topological polar surface area (TPSA) is 49.3 Å². The lowest BCUT2D eigenvalue weighted by atomic mass is 10.00. The van der Waals surface area contributed by atoms with Crippen molar-refractivity contribution >= 4 is 11.9 Å². The fourth-order valence-electron chi connectivity index (χ4n) is 3.07. The number of hydrogen-bond acceptors (Lipinski definition) is 4. The van der Waals surface area contributed by atoms with Crippen LogP contribution in [0, 0.1) is 5.92 Å². The summed E-state index contributed by atoms with van der Waals surface area (Å²) in [6, 6.07) is 0. The maximum Gasteiger partial charge on any atom is 0.257 e. The van der Waals surface area contributed by atoms with Gasteiger partial charge in [-0.15, -0.1) is 0 Å². The minimum atomic E-state index is 0.0736. The molecule has 5 nitrogen and oxygen atoms in total. The molecule has 0 aliphatic carbocycles. The van der Waals surface area contributed by atoms with Gasteiger partial charge in [-0.1, -0.05) is 6.92 Å². The normalized spacial score (nSPS) is 23.1. The Labute approximate surface area is 120 Å². The van der Waals surface area contributed by atoms with Crippen LogP contribution in [-0.4, -0.2) is 47.0 Å². The molecule has 2 fully saturated rings.